The highest BCUT2D eigenvalue weighted by molar-refractivity contribution is 6.01. The maximum absolute atomic E-state index is 7.81. The van der Waals surface area contributed by atoms with E-state index in [0.29, 0.717) is 17.9 Å². The zero-order valence-corrected chi connectivity index (χ0v) is 13.8. The van der Waals surface area contributed by atoms with Crippen molar-refractivity contribution in [3.05, 3.63) is 47.7 Å². The van der Waals surface area contributed by atoms with Crippen LogP contribution in [0.4, 0.5) is 5.69 Å². The molecule has 0 spiro atoms. The van der Waals surface area contributed by atoms with E-state index in [1.807, 2.05) is 18.2 Å². The van der Waals surface area contributed by atoms with Gasteiger partial charge in [0.15, 0.2) is 0 Å². The lowest BCUT2D eigenvalue weighted by Gasteiger charge is -2.13. The molecule has 0 aromatic heterocycles. The molecule has 1 rings (SSSR count). The van der Waals surface area contributed by atoms with Crippen molar-refractivity contribution in [1.29, 1.82) is 5.41 Å². The molecule has 0 saturated carbocycles. The van der Waals surface area contributed by atoms with Gasteiger partial charge in [-0.2, -0.15) is 0 Å². The van der Waals surface area contributed by atoms with Crippen LogP contribution < -0.4 is 11.1 Å². The maximum Gasteiger partial charge on any atom is 0.0562 e. The van der Waals surface area contributed by atoms with E-state index < -0.39 is 0 Å². The fraction of sp³-hybridized carbons (Fsp3) is 0.278. The summed E-state index contributed by atoms with van der Waals surface area (Å²) in [4.78, 5) is 7.85. The lowest BCUT2D eigenvalue weighted by atomic mass is 10.0. The van der Waals surface area contributed by atoms with E-state index in [9.17, 15) is 0 Å². The van der Waals surface area contributed by atoms with Crippen LogP contribution in [0.5, 0.6) is 0 Å². The van der Waals surface area contributed by atoms with Crippen LogP contribution in [-0.4, -0.2) is 31.7 Å². The molecule has 0 unspecified atom stereocenters. The van der Waals surface area contributed by atoms with Crippen LogP contribution in [0.3, 0.4) is 0 Å². The quantitative estimate of drug-likeness (QED) is 0.371. The van der Waals surface area contributed by atoms with Crippen molar-refractivity contribution < 1.29 is 0 Å². The molecule has 5 heteroatoms. The van der Waals surface area contributed by atoms with Gasteiger partial charge in [-0.3, -0.25) is 9.98 Å². The van der Waals surface area contributed by atoms with Crippen LogP contribution in [0.15, 0.2) is 46.5 Å². The molecule has 5 nitrogen and oxygen atoms in total. The van der Waals surface area contributed by atoms with Crippen LogP contribution in [0.1, 0.15) is 31.4 Å². The predicted molar refractivity (Wildman–Crippen MR) is 102 cm³/mol. The Bertz CT molecular complexity index is 626. The van der Waals surface area contributed by atoms with Crippen molar-refractivity contribution in [2.24, 2.45) is 9.98 Å². The lowest BCUT2D eigenvalue weighted by Crippen LogP contribution is -2.16. The van der Waals surface area contributed by atoms with Crippen molar-refractivity contribution in [3.63, 3.8) is 0 Å². The number of hydrogen-bond donors (Lipinski definition) is 3. The van der Waals surface area contributed by atoms with Crippen molar-refractivity contribution in [3.8, 4) is 0 Å². The van der Waals surface area contributed by atoms with Gasteiger partial charge in [0.05, 0.1) is 6.54 Å². The minimum absolute atomic E-state index is 0.465. The van der Waals surface area contributed by atoms with Crippen molar-refractivity contribution >= 4 is 30.0 Å². The summed E-state index contributed by atoms with van der Waals surface area (Å²) in [5.74, 6) is 0. The smallest absolute Gasteiger partial charge is 0.0562 e. The Morgan fingerprint density at radius 2 is 2.22 bits per heavy atom. The van der Waals surface area contributed by atoms with Gasteiger partial charge in [0, 0.05) is 41.6 Å². The van der Waals surface area contributed by atoms with Gasteiger partial charge in [0.2, 0.25) is 0 Å². The Labute approximate surface area is 138 Å². The summed E-state index contributed by atoms with van der Waals surface area (Å²) in [6.07, 6.45) is 8.09. The van der Waals surface area contributed by atoms with Gasteiger partial charge in [0.25, 0.3) is 0 Å². The number of nitrogen functional groups attached to an aromatic ring is 1. The van der Waals surface area contributed by atoms with E-state index in [0.717, 1.165) is 29.8 Å². The highest BCUT2D eigenvalue weighted by atomic mass is 14.9. The van der Waals surface area contributed by atoms with E-state index in [1.54, 1.807) is 25.4 Å². The molecule has 122 valence electrons. The third-order valence-corrected chi connectivity index (χ3v) is 3.12. The average Bonchev–Trinajstić information content (AvgIpc) is 2.53. The molecule has 0 radical (unpaired) electrons. The lowest BCUT2D eigenvalue weighted by molar-refractivity contribution is 0.858. The molecule has 0 saturated heterocycles. The summed E-state index contributed by atoms with van der Waals surface area (Å²) < 4.78 is 0. The molecular weight excluding hydrogens is 286 g/mol. The minimum atomic E-state index is 0.465. The topological polar surface area (TPSA) is 86.6 Å². The molecule has 0 aliphatic heterocycles. The van der Waals surface area contributed by atoms with Crippen LogP contribution in [0, 0.1) is 5.41 Å². The van der Waals surface area contributed by atoms with Crippen molar-refractivity contribution in [1.82, 2.24) is 5.32 Å². The highest BCUT2D eigenvalue weighted by Gasteiger charge is 2.06. The molecule has 0 fully saturated rings. The molecule has 23 heavy (non-hydrogen) atoms. The van der Waals surface area contributed by atoms with Gasteiger partial charge < -0.3 is 16.5 Å². The van der Waals surface area contributed by atoms with E-state index >= 15 is 0 Å². The molecule has 0 bridgehead atoms. The molecule has 4 N–H and O–H groups in total. The van der Waals surface area contributed by atoms with Gasteiger partial charge in [-0.05, 0) is 43.8 Å². The van der Waals surface area contributed by atoms with Crippen molar-refractivity contribution in [2.75, 3.05) is 18.8 Å². The summed E-state index contributed by atoms with van der Waals surface area (Å²) >= 11 is 0. The molecular formula is C18H25N5. The number of nitrogens with two attached hydrogens (primary N) is 1. The average molecular weight is 311 g/mol. The summed E-state index contributed by atoms with van der Waals surface area (Å²) in [5, 5.41) is 11.2. The normalized spacial score (nSPS) is 12.0. The number of rotatable bonds is 9. The van der Waals surface area contributed by atoms with E-state index in [2.05, 4.69) is 35.0 Å². The van der Waals surface area contributed by atoms with Crippen LogP contribution in [0.25, 0.3) is 5.70 Å². The highest BCUT2D eigenvalue weighted by Crippen LogP contribution is 2.20. The standard InChI is InChI=1S/C18H25N5/c1-4-6-18(23-12-11-22-10-5-9-21-3)15-7-8-17(20)16(13-15)14(2)19/h5-10,13,19,23H,3-4,11-12,20H2,1-2H3/b9-5-,18-6-,19-14?,22-10?. The van der Waals surface area contributed by atoms with Gasteiger partial charge in [-0.25, -0.2) is 0 Å². The first kappa shape index (κ1) is 18.4. The minimum Gasteiger partial charge on any atom is -0.398 e. The molecule has 0 amide bonds. The molecule has 0 atom stereocenters. The van der Waals surface area contributed by atoms with Crippen LogP contribution >= 0.6 is 0 Å². The summed E-state index contributed by atoms with van der Waals surface area (Å²) in [6.45, 7) is 8.57. The largest absolute Gasteiger partial charge is 0.398 e. The van der Waals surface area contributed by atoms with E-state index in [-0.39, 0.29) is 0 Å². The third-order valence-electron chi connectivity index (χ3n) is 3.12. The first-order chi connectivity index (χ1) is 11.1. The number of hydrogen-bond acceptors (Lipinski definition) is 5. The molecule has 1 aromatic carbocycles. The Morgan fingerprint density at radius 1 is 1.43 bits per heavy atom. The third kappa shape index (κ3) is 6.30. The zero-order valence-electron chi connectivity index (χ0n) is 13.8. The maximum atomic E-state index is 7.81. The number of anilines is 1. The van der Waals surface area contributed by atoms with Gasteiger partial charge in [-0.15, -0.1) is 0 Å². The second-order valence-corrected chi connectivity index (χ2v) is 4.96. The Hall–Kier alpha value is -2.69. The number of allylic oxidation sites excluding steroid dienone is 2. The Kier molecular flexibility index (Phi) is 8.07. The predicted octanol–water partition coefficient (Wildman–Crippen LogP) is 3.28. The van der Waals surface area contributed by atoms with Gasteiger partial charge in [-0.1, -0.05) is 19.1 Å². The second-order valence-electron chi connectivity index (χ2n) is 4.96. The number of nitrogens with one attached hydrogen (secondary N) is 2. The van der Waals surface area contributed by atoms with Crippen molar-refractivity contribution in [2.45, 2.75) is 20.3 Å². The SMILES string of the molecule is C=N/C=C\C=NCCN/C(=C\CC)c1ccc(N)c(C(C)=N)c1. The zero-order chi connectivity index (χ0) is 17.1. The van der Waals surface area contributed by atoms with Gasteiger partial charge >= 0.3 is 0 Å². The molecule has 0 aliphatic rings. The molecule has 1 aromatic rings. The number of aliphatic imine (C=N–C) groups is 2. The van der Waals surface area contributed by atoms with E-state index in [1.165, 1.54) is 0 Å². The second kappa shape index (κ2) is 10.1. The number of nitrogens with zero attached hydrogens (tertiary/aromatic N) is 2. The van der Waals surface area contributed by atoms with E-state index in [4.69, 9.17) is 11.1 Å². The Balaban J connectivity index is 2.76. The fourth-order valence-electron chi connectivity index (χ4n) is 2.03. The first-order valence-electron chi connectivity index (χ1n) is 7.60. The van der Waals surface area contributed by atoms with Crippen LogP contribution in [-0.2, 0) is 0 Å². The molecule has 0 aliphatic carbocycles. The summed E-state index contributed by atoms with van der Waals surface area (Å²) in [6, 6.07) is 5.77. The summed E-state index contributed by atoms with van der Waals surface area (Å²) in [7, 11) is 0. The number of benzene rings is 1. The molecule has 0 heterocycles. The first-order valence-corrected chi connectivity index (χ1v) is 7.60. The monoisotopic (exact) mass is 311 g/mol. The van der Waals surface area contributed by atoms with Crippen LogP contribution in [0.2, 0.25) is 0 Å². The summed E-state index contributed by atoms with van der Waals surface area (Å²) in [5.41, 5.74) is 9.86. The Morgan fingerprint density at radius 3 is 2.87 bits per heavy atom. The fourth-order valence-corrected chi connectivity index (χ4v) is 2.03. The van der Waals surface area contributed by atoms with Gasteiger partial charge in [0.1, 0.15) is 0 Å².